The van der Waals surface area contributed by atoms with E-state index in [9.17, 15) is 9.59 Å². The zero-order valence-electron chi connectivity index (χ0n) is 15.6. The summed E-state index contributed by atoms with van der Waals surface area (Å²) >= 11 is 0. The minimum absolute atomic E-state index is 0.0975. The Bertz CT molecular complexity index is 1180. The van der Waals surface area contributed by atoms with Crippen LogP contribution in [0.1, 0.15) is 18.6 Å². The topological polar surface area (TPSA) is 103 Å². The number of amides is 1. The van der Waals surface area contributed by atoms with Crippen molar-refractivity contribution in [1.29, 1.82) is 0 Å². The molecular formula is C21H19N5O3. The van der Waals surface area contributed by atoms with Crippen LogP contribution in [-0.4, -0.2) is 25.6 Å². The molecule has 0 saturated carbocycles. The first-order valence-corrected chi connectivity index (χ1v) is 9.28. The van der Waals surface area contributed by atoms with Crippen molar-refractivity contribution in [3.05, 3.63) is 77.2 Å². The summed E-state index contributed by atoms with van der Waals surface area (Å²) in [7, 11) is 0. The Morgan fingerprint density at radius 3 is 2.79 bits per heavy atom. The van der Waals surface area contributed by atoms with Crippen molar-refractivity contribution in [2.45, 2.75) is 25.9 Å². The summed E-state index contributed by atoms with van der Waals surface area (Å²) in [6.45, 7) is 0.673. The van der Waals surface area contributed by atoms with Gasteiger partial charge in [0.05, 0.1) is 29.5 Å². The highest BCUT2D eigenvalue weighted by Crippen LogP contribution is 2.16. The second kappa shape index (κ2) is 8.47. The van der Waals surface area contributed by atoms with Crippen LogP contribution in [-0.2, 0) is 17.9 Å². The number of nitrogens with zero attached hydrogens (tertiary/aromatic N) is 4. The number of rotatable bonds is 7. The number of carbonyl (C=O) groups excluding carboxylic acids is 1. The molecule has 0 bridgehead atoms. The summed E-state index contributed by atoms with van der Waals surface area (Å²) in [5.74, 6) is 0.427. The molecule has 4 aromatic rings. The number of aromatic nitrogens is 4. The number of nitrogens with one attached hydrogen (secondary N) is 1. The number of benzene rings is 1. The summed E-state index contributed by atoms with van der Waals surface area (Å²) in [5.41, 5.74) is 1.91. The maximum absolute atomic E-state index is 12.4. The van der Waals surface area contributed by atoms with E-state index < -0.39 is 0 Å². The summed E-state index contributed by atoms with van der Waals surface area (Å²) in [6.07, 6.45) is 4.03. The lowest BCUT2D eigenvalue weighted by molar-refractivity contribution is -0.121. The molecule has 0 radical (unpaired) electrons. The minimum atomic E-state index is -0.123. The van der Waals surface area contributed by atoms with Gasteiger partial charge < -0.3 is 9.84 Å². The second-order valence-corrected chi connectivity index (χ2v) is 6.53. The van der Waals surface area contributed by atoms with E-state index in [2.05, 4.69) is 20.4 Å². The van der Waals surface area contributed by atoms with Gasteiger partial charge in [-0.3, -0.25) is 19.1 Å². The van der Waals surface area contributed by atoms with Crippen LogP contribution >= 0.6 is 0 Å². The van der Waals surface area contributed by atoms with Crippen LogP contribution in [0.5, 0.6) is 0 Å². The molecule has 0 aliphatic carbocycles. The lowest BCUT2D eigenvalue weighted by Crippen LogP contribution is -2.24. The molecule has 0 fully saturated rings. The number of carbonyl (C=O) groups is 1. The Morgan fingerprint density at radius 1 is 1.07 bits per heavy atom. The number of hydrogen-bond donors (Lipinski definition) is 1. The Balaban J connectivity index is 1.27. The molecule has 29 heavy (non-hydrogen) atoms. The monoisotopic (exact) mass is 389 g/mol. The SMILES string of the molecule is O=C(CCCn1cnc2ccccc2c1=O)NCc1cc(-c2ccccn2)no1. The van der Waals surface area contributed by atoms with Crippen LogP contribution in [0.4, 0.5) is 0 Å². The quantitative estimate of drug-likeness (QED) is 0.521. The van der Waals surface area contributed by atoms with E-state index in [-0.39, 0.29) is 18.0 Å². The fourth-order valence-corrected chi connectivity index (χ4v) is 2.98. The molecule has 3 heterocycles. The van der Waals surface area contributed by atoms with Crippen molar-refractivity contribution < 1.29 is 9.32 Å². The molecule has 1 aromatic carbocycles. The maximum atomic E-state index is 12.4. The maximum Gasteiger partial charge on any atom is 0.261 e. The Morgan fingerprint density at radius 2 is 1.93 bits per heavy atom. The number of fused-ring (bicyclic) bond motifs is 1. The van der Waals surface area contributed by atoms with Crippen LogP contribution in [0.2, 0.25) is 0 Å². The van der Waals surface area contributed by atoms with E-state index in [1.807, 2.05) is 30.3 Å². The molecule has 4 rings (SSSR count). The van der Waals surface area contributed by atoms with Gasteiger partial charge in [-0.25, -0.2) is 4.98 Å². The Kier molecular flexibility index (Phi) is 5.42. The molecule has 1 N–H and O–H groups in total. The fourth-order valence-electron chi connectivity index (χ4n) is 2.98. The Hall–Kier alpha value is -3.81. The molecule has 8 heteroatoms. The van der Waals surface area contributed by atoms with Crippen molar-refractivity contribution in [3.63, 3.8) is 0 Å². The predicted molar refractivity (Wildman–Crippen MR) is 107 cm³/mol. The van der Waals surface area contributed by atoms with Gasteiger partial charge >= 0.3 is 0 Å². The lowest BCUT2D eigenvalue weighted by Gasteiger charge is -2.06. The largest absolute Gasteiger partial charge is 0.359 e. The summed E-state index contributed by atoms with van der Waals surface area (Å²) in [5, 5.41) is 7.34. The minimum Gasteiger partial charge on any atom is -0.359 e. The van der Waals surface area contributed by atoms with Crippen LogP contribution in [0.15, 0.2) is 70.4 Å². The third kappa shape index (κ3) is 4.37. The van der Waals surface area contributed by atoms with Crippen LogP contribution in [0.3, 0.4) is 0 Å². The lowest BCUT2D eigenvalue weighted by atomic mass is 10.2. The molecule has 1 amide bonds. The third-order valence-corrected chi connectivity index (χ3v) is 4.48. The number of hydrogen-bond acceptors (Lipinski definition) is 6. The first kappa shape index (κ1) is 18.5. The van der Waals surface area contributed by atoms with Gasteiger partial charge in [0.15, 0.2) is 5.76 Å². The first-order chi connectivity index (χ1) is 14.2. The normalized spacial score (nSPS) is 10.9. The highest BCUT2D eigenvalue weighted by molar-refractivity contribution is 5.77. The second-order valence-electron chi connectivity index (χ2n) is 6.53. The van der Waals surface area contributed by atoms with Gasteiger partial charge in [-0.15, -0.1) is 0 Å². The van der Waals surface area contributed by atoms with Gasteiger partial charge in [0.2, 0.25) is 5.91 Å². The van der Waals surface area contributed by atoms with Crippen molar-refractivity contribution in [2.75, 3.05) is 0 Å². The van der Waals surface area contributed by atoms with Crippen molar-refractivity contribution >= 4 is 16.8 Å². The molecule has 8 nitrogen and oxygen atoms in total. The van der Waals surface area contributed by atoms with Gasteiger partial charge in [0.1, 0.15) is 5.69 Å². The van der Waals surface area contributed by atoms with Crippen LogP contribution in [0, 0.1) is 0 Å². The van der Waals surface area contributed by atoms with Gasteiger partial charge in [-0.05, 0) is 30.7 Å². The van der Waals surface area contributed by atoms with E-state index in [1.54, 1.807) is 24.4 Å². The highest BCUT2D eigenvalue weighted by atomic mass is 16.5. The van der Waals surface area contributed by atoms with E-state index >= 15 is 0 Å². The summed E-state index contributed by atoms with van der Waals surface area (Å²) in [4.78, 5) is 33.0. The van der Waals surface area contributed by atoms with Gasteiger partial charge in [-0.1, -0.05) is 23.4 Å². The summed E-state index contributed by atoms with van der Waals surface area (Å²) in [6, 6.07) is 14.5. The van der Waals surface area contributed by atoms with Crippen LogP contribution < -0.4 is 10.9 Å². The molecular weight excluding hydrogens is 370 g/mol. The fraction of sp³-hybridized carbons (Fsp3) is 0.190. The van der Waals surface area contributed by atoms with Crippen molar-refractivity contribution in [2.24, 2.45) is 0 Å². The zero-order chi connectivity index (χ0) is 20.1. The average Bonchev–Trinajstić information content (AvgIpc) is 3.24. The highest BCUT2D eigenvalue weighted by Gasteiger charge is 2.09. The number of para-hydroxylation sites is 1. The molecule has 0 unspecified atom stereocenters. The van der Waals surface area contributed by atoms with Crippen molar-refractivity contribution in [3.8, 4) is 11.4 Å². The first-order valence-electron chi connectivity index (χ1n) is 9.28. The van der Waals surface area contributed by atoms with Gasteiger partial charge in [-0.2, -0.15) is 0 Å². The smallest absolute Gasteiger partial charge is 0.261 e. The average molecular weight is 389 g/mol. The molecule has 146 valence electrons. The molecule has 0 spiro atoms. The van der Waals surface area contributed by atoms with Gasteiger partial charge in [0, 0.05) is 25.2 Å². The summed E-state index contributed by atoms with van der Waals surface area (Å²) < 4.78 is 6.77. The molecule has 0 atom stereocenters. The number of pyridine rings is 1. The van der Waals surface area contributed by atoms with E-state index in [1.165, 1.54) is 10.9 Å². The third-order valence-electron chi connectivity index (χ3n) is 4.48. The Labute approximate surface area is 166 Å². The predicted octanol–water partition coefficient (Wildman–Crippen LogP) is 2.54. The molecule has 0 aliphatic heterocycles. The zero-order valence-corrected chi connectivity index (χ0v) is 15.6. The van der Waals surface area contributed by atoms with Crippen LogP contribution in [0.25, 0.3) is 22.3 Å². The van der Waals surface area contributed by atoms with Crippen molar-refractivity contribution in [1.82, 2.24) is 25.0 Å². The molecule has 3 aromatic heterocycles. The number of aryl methyl sites for hydroxylation is 1. The molecule has 0 saturated heterocycles. The van der Waals surface area contributed by atoms with E-state index in [0.717, 1.165) is 0 Å². The van der Waals surface area contributed by atoms with E-state index in [0.29, 0.717) is 47.4 Å². The standard InChI is InChI=1S/C21H19N5O3/c27-20(23-13-15-12-19(25-29-15)18-8-3-4-10-22-18)9-5-11-26-14-24-17-7-2-1-6-16(17)21(26)28/h1-4,6-8,10,12,14H,5,9,11,13H2,(H,23,27). The van der Waals surface area contributed by atoms with E-state index in [4.69, 9.17) is 4.52 Å². The molecule has 0 aliphatic rings. The van der Waals surface area contributed by atoms with Gasteiger partial charge in [0.25, 0.3) is 5.56 Å².